The van der Waals surface area contributed by atoms with Gasteiger partial charge in [-0.1, -0.05) is 23.4 Å². The van der Waals surface area contributed by atoms with Gasteiger partial charge in [-0.3, -0.25) is 0 Å². The summed E-state index contributed by atoms with van der Waals surface area (Å²) >= 11 is 0. The van der Waals surface area contributed by atoms with Crippen LogP contribution in [0.5, 0.6) is 0 Å². The van der Waals surface area contributed by atoms with Gasteiger partial charge in [0, 0.05) is 43.3 Å². The predicted octanol–water partition coefficient (Wildman–Crippen LogP) is 2.11. The van der Waals surface area contributed by atoms with Crippen molar-refractivity contribution >= 4 is 11.4 Å². The van der Waals surface area contributed by atoms with E-state index in [1.54, 1.807) is 0 Å². The van der Waals surface area contributed by atoms with Crippen LogP contribution in [0, 0.1) is 5.92 Å². The average molecular weight is 246 g/mol. The maximum atomic E-state index is 9.06. The van der Waals surface area contributed by atoms with E-state index < -0.39 is 0 Å². The molecule has 4 heteroatoms. The number of rotatable bonds is 2. The van der Waals surface area contributed by atoms with Crippen LogP contribution in [0.4, 0.5) is 5.69 Å². The summed E-state index contributed by atoms with van der Waals surface area (Å²) in [4.78, 5) is 2.39. The molecule has 2 heterocycles. The van der Waals surface area contributed by atoms with Gasteiger partial charge in [-0.2, -0.15) is 0 Å². The van der Waals surface area contributed by atoms with Crippen LogP contribution in [-0.2, 0) is 4.74 Å². The van der Waals surface area contributed by atoms with Crippen molar-refractivity contribution in [2.24, 2.45) is 11.1 Å². The molecule has 0 amide bonds. The normalized spacial score (nSPS) is 25.4. The van der Waals surface area contributed by atoms with Crippen molar-refractivity contribution < 1.29 is 9.94 Å². The van der Waals surface area contributed by atoms with Gasteiger partial charge in [0.1, 0.15) is 0 Å². The number of nitrogens with zero attached hydrogens (tertiary/aromatic N) is 2. The molecule has 18 heavy (non-hydrogen) atoms. The van der Waals surface area contributed by atoms with Crippen LogP contribution in [0.1, 0.15) is 18.4 Å². The summed E-state index contributed by atoms with van der Waals surface area (Å²) < 4.78 is 5.44. The van der Waals surface area contributed by atoms with Crippen molar-refractivity contribution in [3.63, 3.8) is 0 Å². The zero-order valence-electron chi connectivity index (χ0n) is 10.4. The number of para-hydroxylation sites is 1. The van der Waals surface area contributed by atoms with Crippen molar-refractivity contribution in [2.75, 3.05) is 31.2 Å². The Morgan fingerprint density at radius 2 is 2.28 bits per heavy atom. The molecular weight excluding hydrogens is 228 g/mol. The second-order valence-electron chi connectivity index (χ2n) is 4.99. The minimum Gasteiger partial charge on any atom is -0.411 e. The average Bonchev–Trinajstić information content (AvgIpc) is 2.92. The van der Waals surface area contributed by atoms with Crippen molar-refractivity contribution in [1.82, 2.24) is 0 Å². The van der Waals surface area contributed by atoms with E-state index >= 15 is 0 Å². The van der Waals surface area contributed by atoms with E-state index in [9.17, 15) is 0 Å². The van der Waals surface area contributed by atoms with Gasteiger partial charge < -0.3 is 14.8 Å². The molecule has 0 aliphatic carbocycles. The number of fused-ring (bicyclic) bond motifs is 1. The molecule has 0 radical (unpaired) electrons. The SMILES string of the molecule is ON=C1CCN(CC2CCOC2)c2ccccc21. The van der Waals surface area contributed by atoms with Crippen LogP contribution < -0.4 is 4.90 Å². The minimum atomic E-state index is 0.630. The topological polar surface area (TPSA) is 45.1 Å². The van der Waals surface area contributed by atoms with Gasteiger partial charge in [0.25, 0.3) is 0 Å². The van der Waals surface area contributed by atoms with Crippen LogP contribution in [0.3, 0.4) is 0 Å². The number of anilines is 1. The molecule has 1 unspecified atom stereocenters. The molecule has 0 spiro atoms. The lowest BCUT2D eigenvalue weighted by molar-refractivity contribution is 0.186. The van der Waals surface area contributed by atoms with Gasteiger partial charge in [-0.15, -0.1) is 0 Å². The third-order valence-electron chi connectivity index (χ3n) is 3.80. The van der Waals surface area contributed by atoms with E-state index in [-0.39, 0.29) is 0 Å². The fourth-order valence-corrected chi connectivity index (χ4v) is 2.82. The fourth-order valence-electron chi connectivity index (χ4n) is 2.82. The summed E-state index contributed by atoms with van der Waals surface area (Å²) in [5, 5.41) is 12.5. The quantitative estimate of drug-likeness (QED) is 0.642. The monoisotopic (exact) mass is 246 g/mol. The van der Waals surface area contributed by atoms with Crippen molar-refractivity contribution in [3.8, 4) is 0 Å². The van der Waals surface area contributed by atoms with Crippen LogP contribution in [0.2, 0.25) is 0 Å². The zero-order chi connectivity index (χ0) is 12.4. The molecule has 4 nitrogen and oxygen atoms in total. The van der Waals surface area contributed by atoms with Crippen molar-refractivity contribution in [2.45, 2.75) is 12.8 Å². The first-order valence-electron chi connectivity index (χ1n) is 6.51. The molecule has 0 bridgehead atoms. The van der Waals surface area contributed by atoms with Gasteiger partial charge in [-0.25, -0.2) is 0 Å². The maximum absolute atomic E-state index is 9.06. The smallest absolute Gasteiger partial charge is 0.0906 e. The van der Waals surface area contributed by atoms with E-state index in [1.165, 1.54) is 5.69 Å². The Morgan fingerprint density at radius 1 is 1.39 bits per heavy atom. The van der Waals surface area contributed by atoms with Crippen LogP contribution in [-0.4, -0.2) is 37.2 Å². The molecular formula is C14H18N2O2. The summed E-state index contributed by atoms with van der Waals surface area (Å²) in [5.41, 5.74) is 3.04. The number of oxime groups is 1. The molecule has 0 saturated carbocycles. The minimum absolute atomic E-state index is 0.630. The molecule has 0 aromatic heterocycles. The Bertz CT molecular complexity index is 453. The highest BCUT2D eigenvalue weighted by Crippen LogP contribution is 2.29. The molecule has 96 valence electrons. The Kier molecular flexibility index (Phi) is 3.19. The Morgan fingerprint density at radius 3 is 3.06 bits per heavy atom. The lowest BCUT2D eigenvalue weighted by Crippen LogP contribution is -2.36. The summed E-state index contributed by atoms with van der Waals surface area (Å²) in [7, 11) is 0. The van der Waals surface area contributed by atoms with E-state index in [4.69, 9.17) is 9.94 Å². The molecule has 2 aliphatic heterocycles. The first-order valence-corrected chi connectivity index (χ1v) is 6.51. The second kappa shape index (κ2) is 4.98. The molecule has 1 N–H and O–H groups in total. The van der Waals surface area contributed by atoms with E-state index in [1.807, 2.05) is 18.2 Å². The van der Waals surface area contributed by atoms with Crippen molar-refractivity contribution in [3.05, 3.63) is 29.8 Å². The van der Waals surface area contributed by atoms with E-state index in [0.717, 1.165) is 50.4 Å². The highest BCUT2D eigenvalue weighted by molar-refractivity contribution is 6.06. The molecule has 1 fully saturated rings. The molecule has 1 saturated heterocycles. The molecule has 1 atom stereocenters. The summed E-state index contributed by atoms with van der Waals surface area (Å²) in [6, 6.07) is 8.17. The zero-order valence-corrected chi connectivity index (χ0v) is 10.4. The first-order chi connectivity index (χ1) is 8.88. The second-order valence-corrected chi connectivity index (χ2v) is 4.99. The van der Waals surface area contributed by atoms with E-state index in [2.05, 4.69) is 16.1 Å². The highest BCUT2D eigenvalue weighted by Gasteiger charge is 2.25. The van der Waals surface area contributed by atoms with Crippen LogP contribution in [0.15, 0.2) is 29.4 Å². The van der Waals surface area contributed by atoms with Gasteiger partial charge >= 0.3 is 0 Å². The maximum Gasteiger partial charge on any atom is 0.0906 e. The van der Waals surface area contributed by atoms with Gasteiger partial charge in [0.15, 0.2) is 0 Å². The first kappa shape index (κ1) is 11.5. The standard InChI is InChI=1S/C14H18N2O2/c17-15-13-5-7-16(9-11-6-8-18-10-11)14-4-2-1-3-12(13)14/h1-4,11,17H,5-10H2. The van der Waals surface area contributed by atoms with Crippen LogP contribution >= 0.6 is 0 Å². The Hall–Kier alpha value is -1.55. The predicted molar refractivity (Wildman–Crippen MR) is 70.5 cm³/mol. The Labute approximate surface area is 107 Å². The molecule has 1 aromatic carbocycles. The molecule has 1 aromatic rings. The third kappa shape index (κ3) is 2.08. The van der Waals surface area contributed by atoms with Gasteiger partial charge in [0.2, 0.25) is 0 Å². The lowest BCUT2D eigenvalue weighted by atomic mass is 9.98. The van der Waals surface area contributed by atoms with Crippen molar-refractivity contribution in [1.29, 1.82) is 0 Å². The Balaban J connectivity index is 1.84. The van der Waals surface area contributed by atoms with Gasteiger partial charge in [-0.05, 0) is 12.5 Å². The largest absolute Gasteiger partial charge is 0.411 e. The number of benzene rings is 1. The van der Waals surface area contributed by atoms with Crippen LogP contribution in [0.25, 0.3) is 0 Å². The third-order valence-corrected chi connectivity index (χ3v) is 3.80. The molecule has 3 rings (SSSR count). The lowest BCUT2D eigenvalue weighted by Gasteiger charge is -2.33. The number of hydrogen-bond donors (Lipinski definition) is 1. The van der Waals surface area contributed by atoms with E-state index in [0.29, 0.717) is 5.92 Å². The fraction of sp³-hybridized carbons (Fsp3) is 0.500. The summed E-state index contributed by atoms with van der Waals surface area (Å²) in [5.74, 6) is 0.630. The summed E-state index contributed by atoms with van der Waals surface area (Å²) in [6.07, 6.45) is 1.96. The number of ether oxygens (including phenoxy) is 1. The molecule has 2 aliphatic rings. The van der Waals surface area contributed by atoms with Gasteiger partial charge in [0.05, 0.1) is 12.3 Å². The number of hydrogen-bond acceptors (Lipinski definition) is 4. The highest BCUT2D eigenvalue weighted by atomic mass is 16.5. The summed E-state index contributed by atoms with van der Waals surface area (Å²) in [6.45, 7) is 3.73.